The lowest BCUT2D eigenvalue weighted by Crippen LogP contribution is -2.07. The zero-order valence-electron chi connectivity index (χ0n) is 10.8. The second kappa shape index (κ2) is 8.32. The van der Waals surface area contributed by atoms with Gasteiger partial charge in [0.05, 0.1) is 0 Å². The van der Waals surface area contributed by atoms with E-state index in [1.807, 2.05) is 0 Å². The maximum Gasteiger partial charge on any atom is -0.0417 e. The lowest BCUT2D eigenvalue weighted by atomic mass is 9.87. The first-order chi connectivity index (χ1) is 6.60. The molecule has 14 heavy (non-hydrogen) atoms. The third kappa shape index (κ3) is 7.41. The van der Waals surface area contributed by atoms with Crippen molar-refractivity contribution in [2.45, 2.75) is 66.7 Å². The van der Waals surface area contributed by atoms with Crippen LogP contribution >= 0.6 is 0 Å². The molecule has 0 fully saturated rings. The van der Waals surface area contributed by atoms with Crippen molar-refractivity contribution in [2.24, 2.45) is 17.8 Å². The molecule has 0 amide bonds. The molecule has 1 radical (unpaired) electrons. The Morgan fingerprint density at radius 3 is 2.00 bits per heavy atom. The minimum absolute atomic E-state index is 0.908. The molecule has 0 saturated carbocycles. The molecule has 0 rings (SSSR count). The lowest BCUT2D eigenvalue weighted by molar-refractivity contribution is 0.329. The van der Waals surface area contributed by atoms with Gasteiger partial charge in [0, 0.05) is 0 Å². The molecule has 3 unspecified atom stereocenters. The highest BCUT2D eigenvalue weighted by Crippen LogP contribution is 2.23. The van der Waals surface area contributed by atoms with E-state index in [1.54, 1.807) is 0 Å². The molecular formula is C14H29. The van der Waals surface area contributed by atoms with Crippen LogP contribution in [0.5, 0.6) is 0 Å². The standard InChI is InChI=1S/C14H29/c1-6-8-9-13(4)11-14(5)10-12(3)7-2/h6,12-14H,7-11H2,1-5H3. The molecular weight excluding hydrogens is 168 g/mol. The van der Waals surface area contributed by atoms with Gasteiger partial charge in [-0.2, -0.15) is 0 Å². The molecule has 3 atom stereocenters. The molecule has 0 heteroatoms. The van der Waals surface area contributed by atoms with Crippen LogP contribution in [0.1, 0.15) is 66.7 Å². The zero-order chi connectivity index (χ0) is 11.0. The minimum Gasteiger partial charge on any atom is -0.0651 e. The van der Waals surface area contributed by atoms with E-state index in [-0.39, 0.29) is 0 Å². The summed E-state index contributed by atoms with van der Waals surface area (Å²) < 4.78 is 0. The van der Waals surface area contributed by atoms with E-state index in [9.17, 15) is 0 Å². The molecule has 85 valence electrons. The Labute approximate surface area is 91.5 Å². The number of hydrogen-bond donors (Lipinski definition) is 0. The normalized spacial score (nSPS) is 17.8. The first-order valence-electron chi connectivity index (χ1n) is 6.37. The summed E-state index contributed by atoms with van der Waals surface area (Å²) in [6.07, 6.45) is 9.12. The molecule has 0 aromatic rings. The average Bonchev–Trinajstić information content (AvgIpc) is 2.14. The fourth-order valence-electron chi connectivity index (χ4n) is 2.21. The maximum absolute atomic E-state index is 2.42. The largest absolute Gasteiger partial charge is 0.0651 e. The quantitative estimate of drug-likeness (QED) is 0.508. The molecule has 0 N–H and O–H groups in total. The first-order valence-corrected chi connectivity index (χ1v) is 6.37. The van der Waals surface area contributed by atoms with Crippen molar-refractivity contribution in [1.29, 1.82) is 0 Å². The molecule has 0 aromatic heterocycles. The first kappa shape index (κ1) is 14.0. The van der Waals surface area contributed by atoms with Crippen LogP contribution in [0.3, 0.4) is 0 Å². The molecule has 0 bridgehead atoms. The van der Waals surface area contributed by atoms with Crippen molar-refractivity contribution in [1.82, 2.24) is 0 Å². The van der Waals surface area contributed by atoms with Crippen LogP contribution in [-0.2, 0) is 0 Å². The molecule has 0 aliphatic carbocycles. The number of rotatable bonds is 8. The van der Waals surface area contributed by atoms with E-state index < -0.39 is 0 Å². The molecule has 0 aliphatic rings. The highest BCUT2D eigenvalue weighted by Gasteiger charge is 2.11. The average molecular weight is 197 g/mol. The van der Waals surface area contributed by atoms with Crippen LogP contribution in [0.4, 0.5) is 0 Å². The number of unbranched alkanes of at least 4 members (excludes halogenated alkanes) is 1. The zero-order valence-corrected chi connectivity index (χ0v) is 10.8. The van der Waals surface area contributed by atoms with Gasteiger partial charge in [0.15, 0.2) is 0 Å². The Morgan fingerprint density at radius 2 is 1.50 bits per heavy atom. The van der Waals surface area contributed by atoms with Crippen LogP contribution in [0.25, 0.3) is 0 Å². The summed E-state index contributed by atoms with van der Waals surface area (Å²) in [5, 5.41) is 0. The summed E-state index contributed by atoms with van der Waals surface area (Å²) in [5.41, 5.74) is 0. The highest BCUT2D eigenvalue weighted by molar-refractivity contribution is 4.65. The second-order valence-corrected chi connectivity index (χ2v) is 5.18. The monoisotopic (exact) mass is 197 g/mol. The summed E-state index contributed by atoms with van der Waals surface area (Å²) in [4.78, 5) is 0. The van der Waals surface area contributed by atoms with Gasteiger partial charge in [-0.3, -0.25) is 0 Å². The predicted octanol–water partition coefficient (Wildman–Crippen LogP) is 5.09. The van der Waals surface area contributed by atoms with Gasteiger partial charge in [0.25, 0.3) is 0 Å². The predicted molar refractivity (Wildman–Crippen MR) is 66.2 cm³/mol. The van der Waals surface area contributed by atoms with Gasteiger partial charge in [-0.1, -0.05) is 53.9 Å². The fourth-order valence-corrected chi connectivity index (χ4v) is 2.21. The summed E-state index contributed by atoms with van der Waals surface area (Å²) >= 11 is 0. The van der Waals surface area contributed by atoms with Crippen molar-refractivity contribution in [3.05, 3.63) is 6.42 Å². The maximum atomic E-state index is 2.42. The van der Waals surface area contributed by atoms with Gasteiger partial charge in [-0.25, -0.2) is 0 Å². The molecule has 0 aliphatic heterocycles. The van der Waals surface area contributed by atoms with Crippen LogP contribution in [-0.4, -0.2) is 0 Å². The number of hydrogen-bond acceptors (Lipinski definition) is 0. The van der Waals surface area contributed by atoms with Gasteiger partial charge in [-0.15, -0.1) is 0 Å². The smallest absolute Gasteiger partial charge is 0.0417 e. The Bertz CT molecular complexity index is 117. The fraction of sp³-hybridized carbons (Fsp3) is 0.929. The van der Waals surface area contributed by atoms with Crippen LogP contribution < -0.4 is 0 Å². The summed E-state index contributed by atoms with van der Waals surface area (Å²) in [6.45, 7) is 11.7. The summed E-state index contributed by atoms with van der Waals surface area (Å²) in [6, 6.07) is 0. The van der Waals surface area contributed by atoms with Crippen LogP contribution in [0, 0.1) is 24.2 Å². The Hall–Kier alpha value is 0. The summed E-state index contributed by atoms with van der Waals surface area (Å²) in [5.74, 6) is 2.73. The molecule has 0 nitrogen and oxygen atoms in total. The molecule has 0 heterocycles. The van der Waals surface area contributed by atoms with Gasteiger partial charge >= 0.3 is 0 Å². The van der Waals surface area contributed by atoms with E-state index in [0.29, 0.717) is 0 Å². The molecule has 0 saturated heterocycles. The highest BCUT2D eigenvalue weighted by atomic mass is 14.2. The van der Waals surface area contributed by atoms with E-state index in [1.165, 1.54) is 32.1 Å². The van der Waals surface area contributed by atoms with Crippen LogP contribution in [0.2, 0.25) is 0 Å². The van der Waals surface area contributed by atoms with E-state index in [2.05, 4.69) is 41.0 Å². The minimum atomic E-state index is 0.908. The van der Waals surface area contributed by atoms with Crippen molar-refractivity contribution in [3.8, 4) is 0 Å². The summed E-state index contributed by atoms with van der Waals surface area (Å²) in [7, 11) is 0. The molecule has 0 aromatic carbocycles. The SMILES string of the molecule is C[CH]CCC(C)CC(C)CC(C)CC. The van der Waals surface area contributed by atoms with E-state index in [4.69, 9.17) is 0 Å². The Balaban J connectivity index is 3.54. The van der Waals surface area contributed by atoms with Gasteiger partial charge in [0.1, 0.15) is 0 Å². The Morgan fingerprint density at radius 1 is 0.929 bits per heavy atom. The van der Waals surface area contributed by atoms with Gasteiger partial charge in [-0.05, 0) is 37.0 Å². The second-order valence-electron chi connectivity index (χ2n) is 5.18. The van der Waals surface area contributed by atoms with E-state index in [0.717, 1.165) is 17.8 Å². The van der Waals surface area contributed by atoms with Gasteiger partial charge < -0.3 is 0 Å². The van der Waals surface area contributed by atoms with Crippen LogP contribution in [0.15, 0.2) is 0 Å². The third-order valence-corrected chi connectivity index (χ3v) is 3.25. The third-order valence-electron chi connectivity index (χ3n) is 3.25. The van der Waals surface area contributed by atoms with Crippen molar-refractivity contribution < 1.29 is 0 Å². The topological polar surface area (TPSA) is 0 Å². The van der Waals surface area contributed by atoms with Crippen molar-refractivity contribution in [2.75, 3.05) is 0 Å². The van der Waals surface area contributed by atoms with Crippen molar-refractivity contribution >= 4 is 0 Å². The van der Waals surface area contributed by atoms with Crippen molar-refractivity contribution in [3.63, 3.8) is 0 Å². The molecule has 0 spiro atoms. The lowest BCUT2D eigenvalue weighted by Gasteiger charge is -2.19. The van der Waals surface area contributed by atoms with Gasteiger partial charge in [0.2, 0.25) is 0 Å². The van der Waals surface area contributed by atoms with E-state index >= 15 is 0 Å². The Kier molecular flexibility index (Phi) is 8.32.